The van der Waals surface area contributed by atoms with Crippen molar-refractivity contribution in [2.45, 2.75) is 26.3 Å². The number of nitrogens with zero attached hydrogens (tertiary/aromatic N) is 3. The van der Waals surface area contributed by atoms with E-state index in [2.05, 4.69) is 20.4 Å². The van der Waals surface area contributed by atoms with Crippen LogP contribution >= 0.6 is 23.2 Å². The Balaban J connectivity index is 1.50. The first kappa shape index (κ1) is 18.0. The first-order valence-electron chi connectivity index (χ1n) is 8.30. The van der Waals surface area contributed by atoms with Gasteiger partial charge in [-0.1, -0.05) is 29.3 Å². The summed E-state index contributed by atoms with van der Waals surface area (Å²) in [5.74, 6) is 0.957. The normalized spacial score (nSPS) is 15.2. The van der Waals surface area contributed by atoms with Crippen LogP contribution in [-0.2, 0) is 11.3 Å². The molecule has 5 nitrogen and oxygen atoms in total. The summed E-state index contributed by atoms with van der Waals surface area (Å²) >= 11 is 12.0. The summed E-state index contributed by atoms with van der Waals surface area (Å²) in [5.41, 5.74) is 1.77. The maximum atomic E-state index is 12.4. The molecule has 0 radical (unpaired) electrons. The molecule has 2 aromatic rings. The fraction of sp³-hybridized carbons (Fsp3) is 0.389. The third kappa shape index (κ3) is 4.61. The van der Waals surface area contributed by atoms with Gasteiger partial charge in [0.1, 0.15) is 0 Å². The fourth-order valence-corrected chi connectivity index (χ4v) is 3.40. The molecule has 2 heterocycles. The quantitative estimate of drug-likeness (QED) is 0.882. The molecule has 0 atom stereocenters. The van der Waals surface area contributed by atoms with Crippen LogP contribution in [0.1, 0.15) is 24.1 Å². The summed E-state index contributed by atoms with van der Waals surface area (Å²) in [5, 5.41) is 12.4. The van der Waals surface area contributed by atoms with Crippen LogP contribution in [0.5, 0.6) is 0 Å². The molecule has 1 amide bonds. The van der Waals surface area contributed by atoms with Gasteiger partial charge in [0.25, 0.3) is 0 Å². The van der Waals surface area contributed by atoms with Crippen molar-refractivity contribution in [2.75, 3.05) is 18.0 Å². The van der Waals surface area contributed by atoms with Gasteiger partial charge < -0.3 is 10.2 Å². The minimum absolute atomic E-state index is 0.0146. The van der Waals surface area contributed by atoms with Crippen LogP contribution in [0.2, 0.25) is 10.0 Å². The molecule has 0 bridgehead atoms. The smallest absolute Gasteiger partial charge is 0.223 e. The summed E-state index contributed by atoms with van der Waals surface area (Å²) in [6.07, 6.45) is 1.60. The van der Waals surface area contributed by atoms with E-state index in [4.69, 9.17) is 23.2 Å². The summed E-state index contributed by atoms with van der Waals surface area (Å²) < 4.78 is 0. The summed E-state index contributed by atoms with van der Waals surface area (Å²) in [6, 6.07) is 9.23. The van der Waals surface area contributed by atoms with Crippen LogP contribution in [-0.4, -0.2) is 29.2 Å². The molecule has 1 aromatic heterocycles. The number of carbonyl (C=O) groups is 1. The number of anilines is 1. The van der Waals surface area contributed by atoms with Gasteiger partial charge in [0.05, 0.1) is 5.69 Å². The van der Waals surface area contributed by atoms with Crippen molar-refractivity contribution >= 4 is 34.9 Å². The number of benzene rings is 1. The van der Waals surface area contributed by atoms with E-state index in [0.717, 1.165) is 43.0 Å². The lowest BCUT2D eigenvalue weighted by Crippen LogP contribution is -2.40. The first-order valence-corrected chi connectivity index (χ1v) is 9.05. The number of halogens is 2. The molecule has 7 heteroatoms. The minimum atomic E-state index is 0.0146. The zero-order valence-corrected chi connectivity index (χ0v) is 15.5. The number of aryl methyl sites for hydroxylation is 1. The average molecular weight is 379 g/mol. The largest absolute Gasteiger partial charge is 0.355 e. The van der Waals surface area contributed by atoms with E-state index in [1.54, 1.807) is 12.1 Å². The van der Waals surface area contributed by atoms with E-state index in [1.165, 1.54) is 0 Å². The van der Waals surface area contributed by atoms with Crippen molar-refractivity contribution in [3.8, 4) is 0 Å². The maximum absolute atomic E-state index is 12.4. The number of hydrogen-bond donors (Lipinski definition) is 1. The Labute approximate surface area is 157 Å². The molecule has 3 rings (SSSR count). The Hall–Kier alpha value is -1.85. The molecular weight excluding hydrogens is 359 g/mol. The second-order valence-electron chi connectivity index (χ2n) is 6.25. The van der Waals surface area contributed by atoms with E-state index in [1.807, 2.05) is 25.1 Å². The number of rotatable bonds is 4. The minimum Gasteiger partial charge on any atom is -0.355 e. The Bertz CT molecular complexity index is 743. The topological polar surface area (TPSA) is 58.1 Å². The molecule has 1 aromatic carbocycles. The van der Waals surface area contributed by atoms with E-state index in [9.17, 15) is 4.79 Å². The fourth-order valence-electron chi connectivity index (χ4n) is 2.92. The Morgan fingerprint density at radius 1 is 1.20 bits per heavy atom. The van der Waals surface area contributed by atoms with E-state index < -0.39 is 0 Å². The van der Waals surface area contributed by atoms with Gasteiger partial charge in [0.2, 0.25) is 5.91 Å². The summed E-state index contributed by atoms with van der Waals surface area (Å²) in [4.78, 5) is 14.6. The van der Waals surface area contributed by atoms with Gasteiger partial charge in [0.15, 0.2) is 5.82 Å². The molecule has 1 saturated heterocycles. The van der Waals surface area contributed by atoms with Crippen molar-refractivity contribution in [3.05, 3.63) is 51.6 Å². The van der Waals surface area contributed by atoms with Crippen LogP contribution in [0.25, 0.3) is 0 Å². The standard InChI is InChI=1S/C18H20Cl2N4O/c1-12-2-5-17(23-22-12)24-8-6-13(7-9-24)18(25)21-11-14-3-4-15(19)10-16(14)20/h2-5,10,13H,6-9,11H2,1H3,(H,21,25). The third-order valence-corrected chi connectivity index (χ3v) is 5.03. The predicted octanol–water partition coefficient (Wildman–Crippen LogP) is 3.62. The molecule has 1 N–H and O–H groups in total. The number of aromatic nitrogens is 2. The van der Waals surface area contributed by atoms with Gasteiger partial charge in [-0.05, 0) is 49.6 Å². The second kappa shape index (κ2) is 8.02. The molecule has 0 spiro atoms. The lowest BCUT2D eigenvalue weighted by molar-refractivity contribution is -0.125. The second-order valence-corrected chi connectivity index (χ2v) is 7.09. The van der Waals surface area contributed by atoms with Crippen LogP contribution in [0, 0.1) is 12.8 Å². The molecule has 25 heavy (non-hydrogen) atoms. The van der Waals surface area contributed by atoms with Crippen molar-refractivity contribution < 1.29 is 4.79 Å². The molecule has 1 aliphatic heterocycles. The molecule has 132 valence electrons. The van der Waals surface area contributed by atoms with Crippen molar-refractivity contribution in [1.29, 1.82) is 0 Å². The first-order chi connectivity index (χ1) is 12.0. The van der Waals surface area contributed by atoms with Gasteiger partial charge >= 0.3 is 0 Å². The highest BCUT2D eigenvalue weighted by molar-refractivity contribution is 6.35. The molecule has 0 aliphatic carbocycles. The summed E-state index contributed by atoms with van der Waals surface area (Å²) in [6.45, 7) is 3.94. The van der Waals surface area contributed by atoms with E-state index in [0.29, 0.717) is 16.6 Å². The van der Waals surface area contributed by atoms with Crippen LogP contribution in [0.3, 0.4) is 0 Å². The Morgan fingerprint density at radius 2 is 1.96 bits per heavy atom. The van der Waals surface area contributed by atoms with Gasteiger partial charge in [0, 0.05) is 35.6 Å². The predicted molar refractivity (Wildman–Crippen MR) is 100 cm³/mol. The SMILES string of the molecule is Cc1ccc(N2CCC(C(=O)NCc3ccc(Cl)cc3Cl)CC2)nn1. The zero-order valence-electron chi connectivity index (χ0n) is 14.0. The third-order valence-electron chi connectivity index (χ3n) is 4.44. The maximum Gasteiger partial charge on any atom is 0.223 e. The molecule has 0 unspecified atom stereocenters. The van der Waals surface area contributed by atoms with Crippen LogP contribution in [0.4, 0.5) is 5.82 Å². The monoisotopic (exact) mass is 378 g/mol. The highest BCUT2D eigenvalue weighted by Crippen LogP contribution is 2.23. The molecule has 1 aliphatic rings. The van der Waals surface area contributed by atoms with Crippen molar-refractivity contribution in [2.24, 2.45) is 5.92 Å². The number of piperidine rings is 1. The van der Waals surface area contributed by atoms with Gasteiger partial charge in [-0.15, -0.1) is 5.10 Å². The molecule has 0 saturated carbocycles. The Morgan fingerprint density at radius 3 is 2.60 bits per heavy atom. The van der Waals surface area contributed by atoms with E-state index in [-0.39, 0.29) is 11.8 Å². The number of hydrogen-bond acceptors (Lipinski definition) is 4. The zero-order chi connectivity index (χ0) is 17.8. The highest BCUT2D eigenvalue weighted by Gasteiger charge is 2.25. The Kier molecular flexibility index (Phi) is 5.76. The van der Waals surface area contributed by atoms with Crippen molar-refractivity contribution in [3.63, 3.8) is 0 Å². The average Bonchev–Trinajstić information content (AvgIpc) is 2.61. The molecular formula is C18H20Cl2N4O. The number of carbonyl (C=O) groups excluding carboxylic acids is 1. The number of nitrogens with one attached hydrogen (secondary N) is 1. The van der Waals surface area contributed by atoms with Gasteiger partial charge in [-0.2, -0.15) is 5.10 Å². The van der Waals surface area contributed by atoms with Gasteiger partial charge in [-0.3, -0.25) is 4.79 Å². The van der Waals surface area contributed by atoms with E-state index >= 15 is 0 Å². The van der Waals surface area contributed by atoms with Gasteiger partial charge in [-0.25, -0.2) is 0 Å². The lowest BCUT2D eigenvalue weighted by Gasteiger charge is -2.31. The number of amides is 1. The highest BCUT2D eigenvalue weighted by atomic mass is 35.5. The molecule has 1 fully saturated rings. The van der Waals surface area contributed by atoms with Crippen molar-refractivity contribution in [1.82, 2.24) is 15.5 Å². The lowest BCUT2D eigenvalue weighted by atomic mass is 9.96. The van der Waals surface area contributed by atoms with Crippen LogP contribution < -0.4 is 10.2 Å². The van der Waals surface area contributed by atoms with Crippen LogP contribution in [0.15, 0.2) is 30.3 Å². The summed E-state index contributed by atoms with van der Waals surface area (Å²) in [7, 11) is 0.